The molecule has 2 unspecified atom stereocenters. The number of nitrogens with two attached hydrogens (primary N) is 1. The second-order valence-corrected chi connectivity index (χ2v) is 7.02. The molecule has 0 spiro atoms. The molecule has 4 rings (SSSR count). The van der Waals surface area contributed by atoms with E-state index < -0.39 is 12.1 Å². The van der Waals surface area contributed by atoms with Crippen LogP contribution in [0, 0.1) is 11.3 Å². The van der Waals surface area contributed by atoms with E-state index in [1.54, 1.807) is 18.2 Å². The van der Waals surface area contributed by atoms with Crippen molar-refractivity contribution < 1.29 is 14.3 Å². The summed E-state index contributed by atoms with van der Waals surface area (Å²) in [6, 6.07) is 8.26. The van der Waals surface area contributed by atoms with Crippen LogP contribution in [0.1, 0.15) is 47.8 Å². The van der Waals surface area contributed by atoms with Crippen LogP contribution in [0.3, 0.4) is 0 Å². The molecule has 8 nitrogen and oxygen atoms in total. The molecule has 1 amide bonds. The number of benzene rings is 1. The molecule has 2 aliphatic heterocycles. The first-order chi connectivity index (χ1) is 12.5. The number of hydrogen-bond donors (Lipinski definition) is 1. The standard InChI is InChI=1S/C18H19N5O3/c1-22-11-3-4-12(22)8-13(7-11)23-15-6-10(9-19)2-5-14(15)16(21-23)17(24)26-18(20)25/h2,5-6,11-13H,3-4,7-8H2,1H3,(H2,20,25). The number of amides is 1. The number of rotatable bonds is 2. The summed E-state index contributed by atoms with van der Waals surface area (Å²) >= 11 is 0. The summed E-state index contributed by atoms with van der Waals surface area (Å²) in [5.41, 5.74) is 6.21. The van der Waals surface area contributed by atoms with Gasteiger partial charge in [-0.2, -0.15) is 10.4 Å². The Kier molecular flexibility index (Phi) is 3.89. The van der Waals surface area contributed by atoms with Crippen LogP contribution in [0.4, 0.5) is 4.79 Å². The molecule has 26 heavy (non-hydrogen) atoms. The quantitative estimate of drug-likeness (QED) is 0.652. The molecule has 2 atom stereocenters. The van der Waals surface area contributed by atoms with Gasteiger partial charge < -0.3 is 15.4 Å². The number of hydrogen-bond acceptors (Lipinski definition) is 6. The summed E-state index contributed by atoms with van der Waals surface area (Å²) in [5.74, 6) is -0.873. The van der Waals surface area contributed by atoms with Crippen molar-refractivity contribution in [2.75, 3.05) is 7.05 Å². The SMILES string of the molecule is CN1C2CCC1CC(n1nc(C(=O)OC(N)=O)c3ccc(C#N)cc31)C2. The largest absolute Gasteiger partial charge is 0.412 e. The summed E-state index contributed by atoms with van der Waals surface area (Å²) in [6.45, 7) is 0. The minimum absolute atomic E-state index is 0.0505. The van der Waals surface area contributed by atoms with Crippen molar-refractivity contribution >= 4 is 23.0 Å². The van der Waals surface area contributed by atoms with Gasteiger partial charge in [0, 0.05) is 17.5 Å². The summed E-state index contributed by atoms with van der Waals surface area (Å²) in [7, 11) is 2.16. The number of carbonyl (C=O) groups excluding carboxylic acids is 2. The lowest BCUT2D eigenvalue weighted by molar-refractivity contribution is 0.0631. The van der Waals surface area contributed by atoms with Crippen molar-refractivity contribution in [1.82, 2.24) is 14.7 Å². The topological polar surface area (TPSA) is 114 Å². The van der Waals surface area contributed by atoms with E-state index in [-0.39, 0.29) is 11.7 Å². The van der Waals surface area contributed by atoms with E-state index in [1.807, 2.05) is 4.68 Å². The molecule has 0 radical (unpaired) electrons. The molecule has 2 saturated heterocycles. The normalized spacial score (nSPS) is 25.2. The molecule has 2 aliphatic rings. The van der Waals surface area contributed by atoms with Crippen LogP contribution < -0.4 is 5.73 Å². The van der Waals surface area contributed by atoms with Crippen molar-refractivity contribution in [3.63, 3.8) is 0 Å². The average Bonchev–Trinajstić information content (AvgIpc) is 3.06. The maximum Gasteiger partial charge on any atom is 0.412 e. The van der Waals surface area contributed by atoms with E-state index in [9.17, 15) is 14.9 Å². The molecule has 2 fully saturated rings. The van der Waals surface area contributed by atoms with Gasteiger partial charge in [-0.3, -0.25) is 4.68 Å². The molecule has 1 aromatic carbocycles. The number of nitrogens with zero attached hydrogens (tertiary/aromatic N) is 4. The molecule has 2 aromatic rings. The third-order valence-corrected chi connectivity index (χ3v) is 5.64. The molecule has 0 saturated carbocycles. The maximum absolute atomic E-state index is 12.2. The Morgan fingerprint density at radius 2 is 1.96 bits per heavy atom. The zero-order chi connectivity index (χ0) is 18.4. The van der Waals surface area contributed by atoms with Gasteiger partial charge in [0.15, 0.2) is 5.69 Å². The number of primary amides is 1. The van der Waals surface area contributed by atoms with Gasteiger partial charge in [-0.05, 0) is 50.9 Å². The minimum atomic E-state index is -1.16. The Labute approximate surface area is 150 Å². The first-order valence-corrected chi connectivity index (χ1v) is 8.64. The predicted molar refractivity (Wildman–Crippen MR) is 92.3 cm³/mol. The average molecular weight is 353 g/mol. The van der Waals surface area contributed by atoms with E-state index >= 15 is 0 Å². The zero-order valence-corrected chi connectivity index (χ0v) is 14.4. The molecule has 2 bridgehead atoms. The molecule has 2 N–H and O–H groups in total. The Hall–Kier alpha value is -2.92. The fourth-order valence-corrected chi connectivity index (χ4v) is 4.36. The summed E-state index contributed by atoms with van der Waals surface area (Å²) < 4.78 is 6.35. The van der Waals surface area contributed by atoms with Crippen LogP contribution in [-0.2, 0) is 4.74 Å². The minimum Gasteiger partial charge on any atom is -0.371 e. The highest BCUT2D eigenvalue weighted by atomic mass is 16.6. The fourth-order valence-electron chi connectivity index (χ4n) is 4.36. The molecule has 3 heterocycles. The van der Waals surface area contributed by atoms with Crippen molar-refractivity contribution in [2.24, 2.45) is 5.73 Å². The highest BCUT2D eigenvalue weighted by molar-refractivity contribution is 6.05. The lowest BCUT2D eigenvalue weighted by Crippen LogP contribution is -2.40. The summed E-state index contributed by atoms with van der Waals surface area (Å²) in [6.07, 6.45) is 3.03. The lowest BCUT2D eigenvalue weighted by Gasteiger charge is -2.36. The van der Waals surface area contributed by atoms with Crippen LogP contribution >= 0.6 is 0 Å². The fraction of sp³-hybridized carbons (Fsp3) is 0.444. The van der Waals surface area contributed by atoms with Crippen LogP contribution in [0.15, 0.2) is 18.2 Å². The van der Waals surface area contributed by atoms with Gasteiger partial charge >= 0.3 is 12.1 Å². The predicted octanol–water partition coefficient (Wildman–Crippen LogP) is 1.94. The Balaban J connectivity index is 1.80. The van der Waals surface area contributed by atoms with Gasteiger partial charge in [0.2, 0.25) is 0 Å². The van der Waals surface area contributed by atoms with Gasteiger partial charge in [-0.25, -0.2) is 9.59 Å². The van der Waals surface area contributed by atoms with Crippen LogP contribution in [-0.4, -0.2) is 45.9 Å². The smallest absolute Gasteiger partial charge is 0.371 e. The van der Waals surface area contributed by atoms with E-state index in [0.717, 1.165) is 25.7 Å². The number of carbonyl (C=O) groups is 2. The molecular weight excluding hydrogens is 334 g/mol. The van der Waals surface area contributed by atoms with Crippen LogP contribution in [0.25, 0.3) is 10.9 Å². The number of fused-ring (bicyclic) bond motifs is 3. The number of ether oxygens (including phenoxy) is 1. The molecule has 134 valence electrons. The van der Waals surface area contributed by atoms with Crippen molar-refractivity contribution in [1.29, 1.82) is 5.26 Å². The van der Waals surface area contributed by atoms with Gasteiger partial charge in [-0.1, -0.05) is 0 Å². The Bertz CT molecular complexity index is 930. The van der Waals surface area contributed by atoms with Gasteiger partial charge in [0.1, 0.15) is 0 Å². The number of esters is 1. The van der Waals surface area contributed by atoms with Crippen LogP contribution in [0.5, 0.6) is 0 Å². The third-order valence-electron chi connectivity index (χ3n) is 5.64. The first kappa shape index (κ1) is 16.5. The molecular formula is C18H19N5O3. The monoisotopic (exact) mass is 353 g/mol. The maximum atomic E-state index is 12.2. The van der Waals surface area contributed by atoms with Crippen molar-refractivity contribution in [2.45, 2.75) is 43.8 Å². The zero-order valence-electron chi connectivity index (χ0n) is 14.4. The van der Waals surface area contributed by atoms with Gasteiger partial charge in [0.05, 0.1) is 23.2 Å². The third kappa shape index (κ3) is 2.61. The highest BCUT2D eigenvalue weighted by Crippen LogP contribution is 2.40. The highest BCUT2D eigenvalue weighted by Gasteiger charge is 2.40. The lowest BCUT2D eigenvalue weighted by atomic mass is 9.98. The van der Waals surface area contributed by atoms with E-state index in [4.69, 9.17) is 5.73 Å². The van der Waals surface area contributed by atoms with Crippen molar-refractivity contribution in [3.8, 4) is 6.07 Å². The van der Waals surface area contributed by atoms with Gasteiger partial charge in [0.25, 0.3) is 0 Å². The second-order valence-electron chi connectivity index (χ2n) is 7.02. The number of piperidine rings is 1. The number of nitriles is 1. The molecule has 0 aliphatic carbocycles. The molecule has 1 aromatic heterocycles. The molecule has 8 heteroatoms. The Morgan fingerprint density at radius 1 is 1.27 bits per heavy atom. The van der Waals surface area contributed by atoms with Crippen LogP contribution in [0.2, 0.25) is 0 Å². The first-order valence-electron chi connectivity index (χ1n) is 8.64. The summed E-state index contributed by atoms with van der Waals surface area (Å²) in [5, 5.41) is 14.2. The number of aromatic nitrogens is 2. The summed E-state index contributed by atoms with van der Waals surface area (Å²) in [4.78, 5) is 25.6. The van der Waals surface area contributed by atoms with E-state index in [0.29, 0.717) is 28.6 Å². The van der Waals surface area contributed by atoms with E-state index in [2.05, 4.69) is 27.9 Å². The van der Waals surface area contributed by atoms with E-state index in [1.165, 1.54) is 0 Å². The second kappa shape index (κ2) is 6.11. The van der Waals surface area contributed by atoms with Gasteiger partial charge in [-0.15, -0.1) is 0 Å². The van der Waals surface area contributed by atoms with Crippen molar-refractivity contribution in [3.05, 3.63) is 29.5 Å². The Morgan fingerprint density at radius 3 is 2.58 bits per heavy atom.